The highest BCUT2D eigenvalue weighted by atomic mass is 32.2. The van der Waals surface area contributed by atoms with E-state index in [0.717, 1.165) is 44.1 Å². The van der Waals surface area contributed by atoms with Crippen LogP contribution in [0.1, 0.15) is 31.4 Å². The number of rotatable bonds is 5. The quantitative estimate of drug-likeness (QED) is 0.878. The van der Waals surface area contributed by atoms with Gasteiger partial charge in [-0.15, -0.1) is 11.8 Å². The van der Waals surface area contributed by atoms with Crippen LogP contribution in [0.3, 0.4) is 0 Å². The lowest BCUT2D eigenvalue weighted by Crippen LogP contribution is -2.32. The van der Waals surface area contributed by atoms with Gasteiger partial charge in [-0.3, -0.25) is 4.79 Å². The average molecular weight is 314 g/mol. The van der Waals surface area contributed by atoms with Gasteiger partial charge in [0.25, 0.3) is 0 Å². The van der Waals surface area contributed by atoms with Crippen molar-refractivity contribution in [3.63, 3.8) is 0 Å². The number of amides is 1. The first-order chi connectivity index (χ1) is 10.1. The minimum atomic E-state index is -0.540. The maximum absolute atomic E-state index is 13.6. The van der Waals surface area contributed by atoms with Crippen LogP contribution in [0.4, 0.5) is 8.78 Å². The van der Waals surface area contributed by atoms with Crippen molar-refractivity contribution in [1.82, 2.24) is 10.6 Å². The fourth-order valence-corrected chi connectivity index (χ4v) is 3.40. The summed E-state index contributed by atoms with van der Waals surface area (Å²) >= 11 is 1.63. The highest BCUT2D eigenvalue weighted by molar-refractivity contribution is 8.00. The lowest BCUT2D eigenvalue weighted by Gasteiger charge is -2.22. The van der Waals surface area contributed by atoms with E-state index in [-0.39, 0.29) is 11.5 Å². The first-order valence-electron chi connectivity index (χ1n) is 7.13. The van der Waals surface area contributed by atoms with Gasteiger partial charge in [0, 0.05) is 10.8 Å². The van der Waals surface area contributed by atoms with Crippen LogP contribution in [0.15, 0.2) is 18.2 Å². The molecule has 0 spiro atoms. The Labute approximate surface area is 127 Å². The topological polar surface area (TPSA) is 41.1 Å². The SMILES string of the molecule is CC(NC(=O)CSC1CCNCC1)c1cc(F)ccc1F. The Kier molecular flexibility index (Phi) is 5.99. The van der Waals surface area contributed by atoms with E-state index in [1.54, 1.807) is 18.7 Å². The summed E-state index contributed by atoms with van der Waals surface area (Å²) in [6.45, 7) is 3.64. The molecule has 0 aromatic heterocycles. The molecule has 1 heterocycles. The Morgan fingerprint density at radius 2 is 2.14 bits per heavy atom. The summed E-state index contributed by atoms with van der Waals surface area (Å²) in [6, 6.07) is 2.74. The normalized spacial score (nSPS) is 17.5. The Hall–Kier alpha value is -1.14. The van der Waals surface area contributed by atoms with Crippen molar-refractivity contribution in [1.29, 1.82) is 0 Å². The van der Waals surface area contributed by atoms with Crippen molar-refractivity contribution in [3.8, 4) is 0 Å². The Morgan fingerprint density at radius 1 is 1.43 bits per heavy atom. The van der Waals surface area contributed by atoms with E-state index in [9.17, 15) is 13.6 Å². The molecule has 116 valence electrons. The predicted octanol–water partition coefficient (Wildman–Crippen LogP) is 2.63. The number of halogens is 2. The fourth-order valence-electron chi connectivity index (χ4n) is 2.36. The Balaban J connectivity index is 1.82. The van der Waals surface area contributed by atoms with Crippen molar-refractivity contribution < 1.29 is 13.6 Å². The molecule has 1 aliphatic rings. The molecule has 1 aromatic carbocycles. The molecule has 0 aliphatic carbocycles. The van der Waals surface area contributed by atoms with Gasteiger partial charge in [-0.05, 0) is 51.1 Å². The van der Waals surface area contributed by atoms with Crippen LogP contribution in [0.2, 0.25) is 0 Å². The molecule has 1 aromatic rings. The first-order valence-corrected chi connectivity index (χ1v) is 8.18. The predicted molar refractivity (Wildman–Crippen MR) is 81.3 cm³/mol. The second-order valence-corrected chi connectivity index (χ2v) is 6.50. The van der Waals surface area contributed by atoms with Gasteiger partial charge in [-0.1, -0.05) is 0 Å². The number of hydrogen-bond acceptors (Lipinski definition) is 3. The first kappa shape index (κ1) is 16.2. The maximum atomic E-state index is 13.6. The van der Waals surface area contributed by atoms with Crippen LogP contribution in [0.5, 0.6) is 0 Å². The summed E-state index contributed by atoms with van der Waals surface area (Å²) in [5, 5.41) is 6.50. The highest BCUT2D eigenvalue weighted by Crippen LogP contribution is 2.21. The lowest BCUT2D eigenvalue weighted by atomic mass is 10.1. The number of nitrogens with one attached hydrogen (secondary N) is 2. The Bertz CT molecular complexity index is 493. The van der Waals surface area contributed by atoms with E-state index in [1.807, 2.05) is 0 Å². The molecule has 21 heavy (non-hydrogen) atoms. The zero-order valence-corrected chi connectivity index (χ0v) is 12.8. The zero-order chi connectivity index (χ0) is 15.2. The van der Waals surface area contributed by atoms with Crippen LogP contribution < -0.4 is 10.6 Å². The molecule has 1 saturated heterocycles. The van der Waals surface area contributed by atoms with E-state index in [2.05, 4.69) is 10.6 Å². The number of piperidine rings is 1. The third-order valence-electron chi connectivity index (χ3n) is 3.54. The van der Waals surface area contributed by atoms with Crippen LogP contribution >= 0.6 is 11.8 Å². The molecule has 1 aliphatic heterocycles. The molecule has 2 rings (SSSR count). The fraction of sp³-hybridized carbons (Fsp3) is 0.533. The van der Waals surface area contributed by atoms with Crippen molar-refractivity contribution in [2.24, 2.45) is 0 Å². The minimum absolute atomic E-state index is 0.144. The lowest BCUT2D eigenvalue weighted by molar-refractivity contribution is -0.119. The van der Waals surface area contributed by atoms with Crippen LogP contribution in [0.25, 0.3) is 0 Å². The molecule has 1 unspecified atom stereocenters. The average Bonchev–Trinajstić information content (AvgIpc) is 2.48. The number of thioether (sulfide) groups is 1. The summed E-state index contributed by atoms with van der Waals surface area (Å²) in [5.41, 5.74) is 0.176. The standard InChI is InChI=1S/C15H20F2N2OS/c1-10(13-8-11(16)2-3-14(13)17)19-15(20)9-21-12-4-6-18-7-5-12/h2-3,8,10,12,18H,4-7,9H2,1H3,(H,19,20). The second-order valence-electron chi connectivity index (χ2n) is 5.22. The van der Waals surface area contributed by atoms with Crippen LogP contribution in [-0.2, 0) is 4.79 Å². The molecule has 3 nitrogen and oxygen atoms in total. The van der Waals surface area contributed by atoms with Gasteiger partial charge in [-0.2, -0.15) is 0 Å². The van der Waals surface area contributed by atoms with Gasteiger partial charge in [0.05, 0.1) is 11.8 Å². The molecule has 0 radical (unpaired) electrons. The zero-order valence-electron chi connectivity index (χ0n) is 12.0. The van der Waals surface area contributed by atoms with Crippen molar-refractivity contribution in [2.45, 2.75) is 31.1 Å². The molecule has 1 atom stereocenters. The van der Waals surface area contributed by atoms with E-state index < -0.39 is 17.7 Å². The monoisotopic (exact) mass is 314 g/mol. The van der Waals surface area contributed by atoms with E-state index in [1.165, 1.54) is 0 Å². The largest absolute Gasteiger partial charge is 0.349 e. The van der Waals surface area contributed by atoms with Crippen molar-refractivity contribution in [3.05, 3.63) is 35.4 Å². The molecule has 1 fully saturated rings. The number of carbonyl (C=O) groups excluding carboxylic acids is 1. The number of benzene rings is 1. The third kappa shape index (κ3) is 4.97. The molecule has 0 saturated carbocycles. The summed E-state index contributed by atoms with van der Waals surface area (Å²) in [4.78, 5) is 11.9. The van der Waals surface area contributed by atoms with Crippen LogP contribution in [0, 0.1) is 11.6 Å². The third-order valence-corrected chi connectivity index (χ3v) is 4.91. The molecule has 0 bridgehead atoms. The maximum Gasteiger partial charge on any atom is 0.230 e. The van der Waals surface area contributed by atoms with E-state index in [0.29, 0.717) is 11.0 Å². The van der Waals surface area contributed by atoms with Crippen molar-refractivity contribution >= 4 is 17.7 Å². The molecular formula is C15H20F2N2OS. The molecule has 1 amide bonds. The van der Waals surface area contributed by atoms with Gasteiger partial charge in [-0.25, -0.2) is 8.78 Å². The number of carbonyl (C=O) groups is 1. The van der Waals surface area contributed by atoms with Crippen LogP contribution in [-0.4, -0.2) is 30.0 Å². The van der Waals surface area contributed by atoms with E-state index in [4.69, 9.17) is 0 Å². The summed E-state index contributed by atoms with van der Waals surface area (Å²) in [5.74, 6) is -0.798. The second kappa shape index (κ2) is 7.75. The smallest absolute Gasteiger partial charge is 0.230 e. The summed E-state index contributed by atoms with van der Waals surface area (Å²) in [7, 11) is 0. The summed E-state index contributed by atoms with van der Waals surface area (Å²) < 4.78 is 26.8. The molecule has 2 N–H and O–H groups in total. The molecule has 6 heteroatoms. The highest BCUT2D eigenvalue weighted by Gasteiger charge is 2.17. The van der Waals surface area contributed by atoms with Gasteiger partial charge in [0.15, 0.2) is 0 Å². The van der Waals surface area contributed by atoms with Gasteiger partial charge >= 0.3 is 0 Å². The van der Waals surface area contributed by atoms with Gasteiger partial charge in [0.1, 0.15) is 11.6 Å². The van der Waals surface area contributed by atoms with Crippen molar-refractivity contribution in [2.75, 3.05) is 18.8 Å². The van der Waals surface area contributed by atoms with E-state index >= 15 is 0 Å². The molecular weight excluding hydrogens is 294 g/mol. The number of hydrogen-bond donors (Lipinski definition) is 2. The van der Waals surface area contributed by atoms with Gasteiger partial charge < -0.3 is 10.6 Å². The minimum Gasteiger partial charge on any atom is -0.349 e. The van der Waals surface area contributed by atoms with Gasteiger partial charge in [0.2, 0.25) is 5.91 Å². The Morgan fingerprint density at radius 3 is 2.86 bits per heavy atom. The summed E-state index contributed by atoms with van der Waals surface area (Å²) in [6.07, 6.45) is 2.12.